The molecule has 0 saturated heterocycles. The largest absolute Gasteiger partial charge is 0.496 e. The van der Waals surface area contributed by atoms with E-state index in [-0.39, 0.29) is 23.9 Å². The Labute approximate surface area is 109 Å². The van der Waals surface area contributed by atoms with Gasteiger partial charge in [0.1, 0.15) is 5.75 Å². The molecule has 0 aliphatic carbocycles. The summed E-state index contributed by atoms with van der Waals surface area (Å²) in [4.78, 5) is 0. The minimum Gasteiger partial charge on any atom is -0.496 e. The fourth-order valence-corrected chi connectivity index (χ4v) is 1.60. The van der Waals surface area contributed by atoms with Gasteiger partial charge >= 0.3 is 0 Å². The number of halogens is 2. The first-order valence-electron chi connectivity index (χ1n) is 4.95. The van der Waals surface area contributed by atoms with Crippen LogP contribution < -0.4 is 10.5 Å². The summed E-state index contributed by atoms with van der Waals surface area (Å²) in [6.07, 6.45) is 0. The zero-order chi connectivity index (χ0) is 11.6. The van der Waals surface area contributed by atoms with Crippen LogP contribution in [0.4, 0.5) is 0 Å². The molecule has 4 heteroatoms. The molecule has 16 heavy (non-hydrogen) atoms. The first-order valence-corrected chi connectivity index (χ1v) is 5.33. The highest BCUT2D eigenvalue weighted by molar-refractivity contribution is 6.30. The molecule has 1 aromatic carbocycles. The second-order valence-corrected chi connectivity index (χ2v) is 5.17. The standard InChI is InChI=1S/C12H18ClNO.ClH/c1-12(2,3)11(14)9-7-8(13)5-6-10(9)15-4;/h5-7,11H,14H2,1-4H3;1H/t11-;/m0./s1. The summed E-state index contributed by atoms with van der Waals surface area (Å²) < 4.78 is 5.28. The van der Waals surface area contributed by atoms with E-state index in [1.165, 1.54) is 0 Å². The van der Waals surface area contributed by atoms with Gasteiger partial charge in [0.15, 0.2) is 0 Å². The number of benzene rings is 1. The fraction of sp³-hybridized carbons (Fsp3) is 0.500. The Balaban J connectivity index is 0.00000225. The number of methoxy groups -OCH3 is 1. The second kappa shape index (κ2) is 5.76. The van der Waals surface area contributed by atoms with Crippen molar-refractivity contribution in [3.8, 4) is 5.75 Å². The molecule has 1 atom stereocenters. The maximum absolute atomic E-state index is 6.18. The fourth-order valence-electron chi connectivity index (χ4n) is 1.41. The summed E-state index contributed by atoms with van der Waals surface area (Å²) in [5.74, 6) is 0.793. The first kappa shape index (κ1) is 15.6. The smallest absolute Gasteiger partial charge is 0.123 e. The SMILES string of the molecule is COc1ccc(Cl)cc1[C@H](N)C(C)(C)C.Cl. The molecule has 1 aromatic rings. The minimum atomic E-state index is -0.0915. The zero-order valence-electron chi connectivity index (χ0n) is 10.1. The van der Waals surface area contributed by atoms with Crippen molar-refractivity contribution in [3.05, 3.63) is 28.8 Å². The Hall–Kier alpha value is -0.440. The van der Waals surface area contributed by atoms with Gasteiger partial charge in [-0.2, -0.15) is 0 Å². The number of hydrogen-bond donors (Lipinski definition) is 1. The van der Waals surface area contributed by atoms with Crippen LogP contribution in [-0.4, -0.2) is 7.11 Å². The number of ether oxygens (including phenoxy) is 1. The van der Waals surface area contributed by atoms with E-state index in [2.05, 4.69) is 20.8 Å². The van der Waals surface area contributed by atoms with Crippen LogP contribution >= 0.6 is 24.0 Å². The van der Waals surface area contributed by atoms with Crippen LogP contribution in [0.25, 0.3) is 0 Å². The Morgan fingerprint density at radius 3 is 2.31 bits per heavy atom. The van der Waals surface area contributed by atoms with Gasteiger partial charge in [-0.15, -0.1) is 12.4 Å². The van der Waals surface area contributed by atoms with Gasteiger partial charge < -0.3 is 10.5 Å². The average Bonchev–Trinajstić information content (AvgIpc) is 2.15. The van der Waals surface area contributed by atoms with Gasteiger partial charge in [0.2, 0.25) is 0 Å². The molecule has 0 spiro atoms. The Morgan fingerprint density at radius 1 is 1.31 bits per heavy atom. The van der Waals surface area contributed by atoms with Crippen molar-refractivity contribution in [2.75, 3.05) is 7.11 Å². The molecule has 0 aliphatic heterocycles. The topological polar surface area (TPSA) is 35.2 Å². The molecular formula is C12H19Cl2NO. The molecule has 0 heterocycles. The molecule has 1 rings (SSSR count). The maximum Gasteiger partial charge on any atom is 0.123 e. The lowest BCUT2D eigenvalue weighted by Gasteiger charge is -2.28. The average molecular weight is 264 g/mol. The minimum absolute atomic E-state index is 0. The molecule has 0 bridgehead atoms. The molecule has 0 aliphatic rings. The van der Waals surface area contributed by atoms with Crippen molar-refractivity contribution in [2.45, 2.75) is 26.8 Å². The lowest BCUT2D eigenvalue weighted by Crippen LogP contribution is -2.26. The summed E-state index contributed by atoms with van der Waals surface area (Å²) in [5, 5.41) is 0.686. The number of nitrogens with two attached hydrogens (primary N) is 1. The first-order chi connectivity index (χ1) is 6.86. The van der Waals surface area contributed by atoms with Crippen LogP contribution in [0.5, 0.6) is 5.75 Å². The highest BCUT2D eigenvalue weighted by atomic mass is 35.5. The zero-order valence-corrected chi connectivity index (χ0v) is 11.7. The lowest BCUT2D eigenvalue weighted by molar-refractivity contribution is 0.314. The van der Waals surface area contributed by atoms with E-state index >= 15 is 0 Å². The molecule has 0 saturated carbocycles. The predicted octanol–water partition coefficient (Wildman–Crippen LogP) is 3.82. The van der Waals surface area contributed by atoms with Crippen LogP contribution in [0.2, 0.25) is 5.02 Å². The normalized spacial score (nSPS) is 12.9. The molecule has 2 nitrogen and oxygen atoms in total. The van der Waals surface area contributed by atoms with E-state index < -0.39 is 0 Å². The van der Waals surface area contributed by atoms with Crippen LogP contribution in [0.3, 0.4) is 0 Å². The molecule has 0 amide bonds. The van der Waals surface area contributed by atoms with E-state index in [0.29, 0.717) is 5.02 Å². The van der Waals surface area contributed by atoms with E-state index in [9.17, 15) is 0 Å². The Bertz CT molecular complexity index is 347. The highest BCUT2D eigenvalue weighted by Gasteiger charge is 2.25. The van der Waals surface area contributed by atoms with Crippen molar-refractivity contribution in [3.63, 3.8) is 0 Å². The predicted molar refractivity (Wildman–Crippen MR) is 71.6 cm³/mol. The summed E-state index contributed by atoms with van der Waals surface area (Å²) in [5.41, 5.74) is 7.12. The molecule has 0 aromatic heterocycles. The third-order valence-electron chi connectivity index (χ3n) is 2.46. The summed E-state index contributed by atoms with van der Waals surface area (Å²) in [6, 6.07) is 5.44. The van der Waals surface area contributed by atoms with Crippen LogP contribution in [0, 0.1) is 5.41 Å². The van der Waals surface area contributed by atoms with E-state index in [0.717, 1.165) is 11.3 Å². The summed E-state index contributed by atoms with van der Waals surface area (Å²) in [7, 11) is 1.64. The number of hydrogen-bond acceptors (Lipinski definition) is 2. The summed E-state index contributed by atoms with van der Waals surface area (Å²) >= 11 is 5.96. The second-order valence-electron chi connectivity index (χ2n) is 4.73. The van der Waals surface area contributed by atoms with Gasteiger partial charge in [0.05, 0.1) is 7.11 Å². The number of rotatable bonds is 2. The van der Waals surface area contributed by atoms with Crippen molar-refractivity contribution < 1.29 is 4.74 Å². The van der Waals surface area contributed by atoms with E-state index in [4.69, 9.17) is 22.1 Å². The van der Waals surface area contributed by atoms with Gasteiger partial charge in [-0.25, -0.2) is 0 Å². The maximum atomic E-state index is 6.18. The highest BCUT2D eigenvalue weighted by Crippen LogP contribution is 2.36. The summed E-state index contributed by atoms with van der Waals surface area (Å²) in [6.45, 7) is 6.29. The molecule has 0 unspecified atom stereocenters. The van der Waals surface area contributed by atoms with Gasteiger partial charge in [-0.1, -0.05) is 32.4 Å². The van der Waals surface area contributed by atoms with Crippen molar-refractivity contribution >= 4 is 24.0 Å². The molecule has 0 fully saturated rings. The van der Waals surface area contributed by atoms with E-state index in [1.54, 1.807) is 13.2 Å². The molecule has 0 radical (unpaired) electrons. The van der Waals surface area contributed by atoms with Gasteiger partial charge in [0.25, 0.3) is 0 Å². The third kappa shape index (κ3) is 3.55. The molecule has 92 valence electrons. The van der Waals surface area contributed by atoms with Crippen LogP contribution in [0.15, 0.2) is 18.2 Å². The van der Waals surface area contributed by atoms with Crippen molar-refractivity contribution in [1.82, 2.24) is 0 Å². The van der Waals surface area contributed by atoms with Crippen molar-refractivity contribution in [1.29, 1.82) is 0 Å². The lowest BCUT2D eigenvalue weighted by atomic mass is 9.83. The molecule has 2 N–H and O–H groups in total. The van der Waals surface area contributed by atoms with Crippen LogP contribution in [0.1, 0.15) is 32.4 Å². The monoisotopic (exact) mass is 263 g/mol. The van der Waals surface area contributed by atoms with Crippen molar-refractivity contribution in [2.24, 2.45) is 11.1 Å². The van der Waals surface area contributed by atoms with Crippen LogP contribution in [-0.2, 0) is 0 Å². The van der Waals surface area contributed by atoms with Gasteiger partial charge in [-0.05, 0) is 23.6 Å². The van der Waals surface area contributed by atoms with Gasteiger partial charge in [-0.3, -0.25) is 0 Å². The third-order valence-corrected chi connectivity index (χ3v) is 2.69. The van der Waals surface area contributed by atoms with E-state index in [1.807, 2.05) is 12.1 Å². The molecular weight excluding hydrogens is 245 g/mol. The quantitative estimate of drug-likeness (QED) is 0.881. The van der Waals surface area contributed by atoms with Gasteiger partial charge in [0, 0.05) is 16.6 Å². The Kier molecular flexibility index (Phi) is 5.60. The Morgan fingerprint density at radius 2 is 1.88 bits per heavy atom.